The van der Waals surface area contributed by atoms with Crippen LogP contribution < -0.4 is 0 Å². The minimum atomic E-state index is -0.275. The Labute approximate surface area is 131 Å². The Morgan fingerprint density at radius 2 is 1.77 bits per heavy atom. The van der Waals surface area contributed by atoms with E-state index < -0.39 is 0 Å². The Kier molecular flexibility index (Phi) is 4.38. The maximum absolute atomic E-state index is 12.3. The van der Waals surface area contributed by atoms with Crippen LogP contribution >= 0.6 is 0 Å². The SMILES string of the molecule is COC(=O)/C(=C/c1ccccc1)c1cccc2c1CCCC2. The van der Waals surface area contributed by atoms with Gasteiger partial charge >= 0.3 is 5.97 Å². The molecule has 2 aromatic rings. The Hall–Kier alpha value is -2.35. The van der Waals surface area contributed by atoms with Crippen LogP contribution in [0.4, 0.5) is 0 Å². The third-order valence-corrected chi connectivity index (χ3v) is 4.20. The molecule has 0 N–H and O–H groups in total. The van der Waals surface area contributed by atoms with Crippen molar-refractivity contribution in [1.82, 2.24) is 0 Å². The zero-order chi connectivity index (χ0) is 15.4. The number of carbonyl (C=O) groups is 1. The van der Waals surface area contributed by atoms with E-state index in [-0.39, 0.29) is 5.97 Å². The predicted octanol–water partition coefficient (Wildman–Crippen LogP) is 4.28. The highest BCUT2D eigenvalue weighted by Crippen LogP contribution is 2.30. The average Bonchev–Trinajstić information content (AvgIpc) is 2.59. The molecule has 0 fully saturated rings. The van der Waals surface area contributed by atoms with Crippen molar-refractivity contribution < 1.29 is 9.53 Å². The van der Waals surface area contributed by atoms with Crippen molar-refractivity contribution in [3.05, 3.63) is 70.8 Å². The summed E-state index contributed by atoms with van der Waals surface area (Å²) in [6.07, 6.45) is 6.48. The second-order valence-electron chi connectivity index (χ2n) is 5.61. The van der Waals surface area contributed by atoms with Crippen molar-refractivity contribution in [2.45, 2.75) is 25.7 Å². The van der Waals surface area contributed by atoms with E-state index in [0.717, 1.165) is 24.0 Å². The summed E-state index contributed by atoms with van der Waals surface area (Å²) in [5, 5.41) is 0. The van der Waals surface area contributed by atoms with E-state index in [0.29, 0.717) is 5.57 Å². The lowest BCUT2D eigenvalue weighted by molar-refractivity contribution is -0.133. The summed E-state index contributed by atoms with van der Waals surface area (Å²) in [7, 11) is 1.44. The van der Waals surface area contributed by atoms with Gasteiger partial charge in [-0.1, -0.05) is 48.5 Å². The highest BCUT2D eigenvalue weighted by molar-refractivity contribution is 6.22. The molecule has 3 rings (SSSR count). The molecule has 0 heterocycles. The van der Waals surface area contributed by atoms with Gasteiger partial charge in [-0.15, -0.1) is 0 Å². The van der Waals surface area contributed by atoms with Crippen LogP contribution in [0, 0.1) is 0 Å². The largest absolute Gasteiger partial charge is 0.465 e. The van der Waals surface area contributed by atoms with Gasteiger partial charge in [0.05, 0.1) is 12.7 Å². The average molecular weight is 292 g/mol. The summed E-state index contributed by atoms with van der Waals surface area (Å²) in [6, 6.07) is 16.2. The van der Waals surface area contributed by atoms with Gasteiger partial charge in [0.1, 0.15) is 0 Å². The molecule has 22 heavy (non-hydrogen) atoms. The molecule has 1 aliphatic rings. The summed E-state index contributed by atoms with van der Waals surface area (Å²) in [4.78, 5) is 12.3. The van der Waals surface area contributed by atoms with Gasteiger partial charge in [0.2, 0.25) is 0 Å². The molecule has 0 spiro atoms. The van der Waals surface area contributed by atoms with Crippen LogP contribution in [0.5, 0.6) is 0 Å². The number of rotatable bonds is 3. The van der Waals surface area contributed by atoms with Gasteiger partial charge < -0.3 is 4.74 Å². The maximum Gasteiger partial charge on any atom is 0.338 e. The third-order valence-electron chi connectivity index (χ3n) is 4.20. The van der Waals surface area contributed by atoms with Gasteiger partial charge in [0, 0.05) is 0 Å². The van der Waals surface area contributed by atoms with Crippen molar-refractivity contribution in [3.8, 4) is 0 Å². The Morgan fingerprint density at radius 1 is 1.00 bits per heavy atom. The van der Waals surface area contributed by atoms with Crippen molar-refractivity contribution in [2.24, 2.45) is 0 Å². The Balaban J connectivity index is 2.11. The van der Waals surface area contributed by atoms with E-state index >= 15 is 0 Å². The molecule has 2 nitrogen and oxygen atoms in total. The molecule has 0 aromatic heterocycles. The summed E-state index contributed by atoms with van der Waals surface area (Å²) >= 11 is 0. The molecule has 0 bridgehead atoms. The first-order valence-corrected chi connectivity index (χ1v) is 7.76. The van der Waals surface area contributed by atoms with Crippen molar-refractivity contribution >= 4 is 17.6 Å². The first kappa shape index (κ1) is 14.6. The molecular weight excluding hydrogens is 272 g/mol. The number of aryl methyl sites for hydroxylation is 1. The standard InChI is InChI=1S/C20H20O2/c1-22-20(21)19(14-15-8-3-2-4-9-15)18-13-7-11-16-10-5-6-12-17(16)18/h2-4,7-9,11,13-14H,5-6,10,12H2,1H3/b19-14+. The number of fused-ring (bicyclic) bond motifs is 1. The van der Waals surface area contributed by atoms with Gasteiger partial charge in [-0.3, -0.25) is 0 Å². The number of benzene rings is 2. The molecule has 0 amide bonds. The number of ether oxygens (including phenoxy) is 1. The van der Waals surface area contributed by atoms with Gasteiger partial charge in [-0.2, -0.15) is 0 Å². The zero-order valence-corrected chi connectivity index (χ0v) is 12.8. The number of hydrogen-bond donors (Lipinski definition) is 0. The molecule has 112 valence electrons. The highest BCUT2D eigenvalue weighted by Gasteiger charge is 2.20. The topological polar surface area (TPSA) is 26.3 Å². The lowest BCUT2D eigenvalue weighted by Crippen LogP contribution is -2.10. The van der Waals surface area contributed by atoms with Gasteiger partial charge in [-0.05, 0) is 54.0 Å². The number of carbonyl (C=O) groups excluding carboxylic acids is 1. The minimum Gasteiger partial charge on any atom is -0.465 e. The summed E-state index contributed by atoms with van der Waals surface area (Å²) in [5.74, 6) is -0.275. The molecule has 0 aliphatic heterocycles. The normalized spacial score (nSPS) is 14.3. The van der Waals surface area contributed by atoms with Crippen LogP contribution in [0.2, 0.25) is 0 Å². The highest BCUT2D eigenvalue weighted by atomic mass is 16.5. The van der Waals surface area contributed by atoms with Crippen LogP contribution in [-0.4, -0.2) is 13.1 Å². The fraction of sp³-hybridized carbons (Fsp3) is 0.250. The fourth-order valence-corrected chi connectivity index (χ4v) is 3.11. The molecule has 2 aromatic carbocycles. The van der Waals surface area contributed by atoms with E-state index in [1.807, 2.05) is 48.5 Å². The van der Waals surface area contributed by atoms with Crippen LogP contribution in [0.3, 0.4) is 0 Å². The smallest absolute Gasteiger partial charge is 0.338 e. The summed E-state index contributed by atoms with van der Waals surface area (Å²) in [5.41, 5.74) is 5.35. The van der Waals surface area contributed by atoms with Crippen LogP contribution in [0.25, 0.3) is 11.6 Å². The van der Waals surface area contributed by atoms with Crippen LogP contribution in [-0.2, 0) is 22.4 Å². The summed E-state index contributed by atoms with van der Waals surface area (Å²) in [6.45, 7) is 0. The molecule has 0 radical (unpaired) electrons. The number of hydrogen-bond acceptors (Lipinski definition) is 2. The molecule has 2 heteroatoms. The molecule has 0 saturated heterocycles. The monoisotopic (exact) mass is 292 g/mol. The van der Waals surface area contributed by atoms with Crippen LogP contribution in [0.1, 0.15) is 35.1 Å². The predicted molar refractivity (Wildman–Crippen MR) is 89.4 cm³/mol. The van der Waals surface area contributed by atoms with E-state index in [9.17, 15) is 4.79 Å². The van der Waals surface area contributed by atoms with Gasteiger partial charge in [-0.25, -0.2) is 4.79 Å². The van der Waals surface area contributed by atoms with E-state index in [2.05, 4.69) is 6.07 Å². The number of methoxy groups -OCH3 is 1. The molecule has 0 unspecified atom stereocenters. The quantitative estimate of drug-likeness (QED) is 0.479. The molecule has 0 saturated carbocycles. The second-order valence-corrected chi connectivity index (χ2v) is 5.61. The van der Waals surface area contributed by atoms with E-state index in [1.165, 1.54) is 31.1 Å². The van der Waals surface area contributed by atoms with Crippen molar-refractivity contribution in [2.75, 3.05) is 7.11 Å². The lowest BCUT2D eigenvalue weighted by Gasteiger charge is -2.20. The molecular formula is C20H20O2. The first-order chi connectivity index (χ1) is 10.8. The van der Waals surface area contributed by atoms with Gasteiger partial charge in [0.25, 0.3) is 0 Å². The first-order valence-electron chi connectivity index (χ1n) is 7.76. The van der Waals surface area contributed by atoms with Crippen molar-refractivity contribution in [1.29, 1.82) is 0 Å². The Bertz CT molecular complexity index is 699. The molecule has 0 atom stereocenters. The lowest BCUT2D eigenvalue weighted by atomic mass is 9.85. The van der Waals surface area contributed by atoms with Crippen LogP contribution in [0.15, 0.2) is 48.5 Å². The van der Waals surface area contributed by atoms with Gasteiger partial charge in [0.15, 0.2) is 0 Å². The fourth-order valence-electron chi connectivity index (χ4n) is 3.11. The second kappa shape index (κ2) is 6.61. The maximum atomic E-state index is 12.3. The van der Waals surface area contributed by atoms with Crippen molar-refractivity contribution in [3.63, 3.8) is 0 Å². The van der Waals surface area contributed by atoms with E-state index in [4.69, 9.17) is 4.74 Å². The third kappa shape index (κ3) is 2.96. The summed E-state index contributed by atoms with van der Waals surface area (Å²) < 4.78 is 5.02. The number of esters is 1. The van der Waals surface area contributed by atoms with E-state index in [1.54, 1.807) is 0 Å². The zero-order valence-electron chi connectivity index (χ0n) is 12.8. The Morgan fingerprint density at radius 3 is 2.55 bits per heavy atom. The minimum absolute atomic E-state index is 0.275. The molecule has 1 aliphatic carbocycles.